The summed E-state index contributed by atoms with van der Waals surface area (Å²) in [6, 6.07) is 5.71. The zero-order chi connectivity index (χ0) is 19.4. The maximum atomic E-state index is 13.4. The second-order valence-corrected chi connectivity index (χ2v) is 5.78. The van der Waals surface area contributed by atoms with E-state index in [0.717, 1.165) is 0 Å². The molecule has 0 saturated carbocycles. The van der Waals surface area contributed by atoms with Crippen molar-refractivity contribution in [2.45, 2.75) is 19.9 Å². The van der Waals surface area contributed by atoms with Crippen LogP contribution in [0.5, 0.6) is 11.5 Å². The molecule has 0 aliphatic rings. The van der Waals surface area contributed by atoms with Crippen molar-refractivity contribution in [1.29, 1.82) is 0 Å². The second kappa shape index (κ2) is 7.86. The number of rotatable bonds is 6. The number of carbonyl (C=O) groups excluding carboxylic acids is 1. The highest BCUT2D eigenvalue weighted by Crippen LogP contribution is 2.30. The lowest BCUT2D eigenvalue weighted by Gasteiger charge is -2.17. The normalized spacial score (nSPS) is 11.6. The molecule has 0 heterocycles. The first-order chi connectivity index (χ1) is 12.3. The lowest BCUT2D eigenvalue weighted by atomic mass is 10.0. The van der Waals surface area contributed by atoms with Gasteiger partial charge < -0.3 is 19.9 Å². The van der Waals surface area contributed by atoms with E-state index in [0.29, 0.717) is 22.6 Å². The number of carboxylic acids is 1. The van der Waals surface area contributed by atoms with E-state index in [1.54, 1.807) is 13.0 Å². The molecule has 0 aromatic heterocycles. The molecule has 0 fully saturated rings. The minimum absolute atomic E-state index is 0.257. The fourth-order valence-electron chi connectivity index (χ4n) is 2.57. The molecule has 1 amide bonds. The fourth-order valence-corrected chi connectivity index (χ4v) is 2.57. The van der Waals surface area contributed by atoms with Gasteiger partial charge in [0.15, 0.2) is 17.5 Å². The average Bonchev–Trinajstić information content (AvgIpc) is 2.61. The summed E-state index contributed by atoms with van der Waals surface area (Å²) in [6.07, 6.45) is 0. The van der Waals surface area contributed by atoms with E-state index >= 15 is 0 Å². The molecule has 0 spiro atoms. The highest BCUT2D eigenvalue weighted by molar-refractivity contribution is 5.98. The number of halogens is 1. The largest absolute Gasteiger partial charge is 0.493 e. The summed E-state index contributed by atoms with van der Waals surface area (Å²) in [6.45, 7) is 3.23. The van der Waals surface area contributed by atoms with E-state index in [1.807, 2.05) is 0 Å². The summed E-state index contributed by atoms with van der Waals surface area (Å²) in [5, 5.41) is 11.9. The van der Waals surface area contributed by atoms with Crippen LogP contribution in [0, 0.1) is 19.7 Å². The molecule has 2 aromatic rings. The minimum Gasteiger partial charge on any atom is -0.493 e. The monoisotopic (exact) mass is 361 g/mol. The topological polar surface area (TPSA) is 84.9 Å². The summed E-state index contributed by atoms with van der Waals surface area (Å²) in [5.41, 5.74) is 1.43. The zero-order valence-electron chi connectivity index (χ0n) is 14.9. The van der Waals surface area contributed by atoms with Gasteiger partial charge in [0.25, 0.3) is 5.91 Å². The summed E-state index contributed by atoms with van der Waals surface area (Å²) in [5.74, 6) is -1.46. The Labute approximate surface area is 150 Å². The van der Waals surface area contributed by atoms with E-state index in [9.17, 15) is 19.1 Å². The van der Waals surface area contributed by atoms with Crippen LogP contribution in [-0.2, 0) is 4.79 Å². The average molecular weight is 361 g/mol. The smallest absolute Gasteiger partial charge is 0.330 e. The van der Waals surface area contributed by atoms with Gasteiger partial charge in [0, 0.05) is 5.56 Å². The predicted molar refractivity (Wildman–Crippen MR) is 93.3 cm³/mol. The Bertz CT molecular complexity index is 850. The lowest BCUT2D eigenvalue weighted by molar-refractivity contribution is -0.139. The number of methoxy groups -OCH3 is 2. The van der Waals surface area contributed by atoms with Crippen molar-refractivity contribution in [3.05, 3.63) is 58.4 Å². The number of carboxylic acid groups (broad SMARTS) is 1. The second-order valence-electron chi connectivity index (χ2n) is 5.78. The number of carbonyl (C=O) groups is 2. The Morgan fingerprint density at radius 1 is 1.04 bits per heavy atom. The number of hydrogen-bond donors (Lipinski definition) is 2. The number of amides is 1. The van der Waals surface area contributed by atoms with Crippen molar-refractivity contribution in [2.75, 3.05) is 14.2 Å². The van der Waals surface area contributed by atoms with Crippen LogP contribution in [0.3, 0.4) is 0 Å². The number of aliphatic carboxylic acids is 1. The van der Waals surface area contributed by atoms with Crippen molar-refractivity contribution in [1.82, 2.24) is 5.32 Å². The van der Waals surface area contributed by atoms with Crippen molar-refractivity contribution in [3.8, 4) is 11.5 Å². The van der Waals surface area contributed by atoms with Crippen LogP contribution in [0.25, 0.3) is 0 Å². The van der Waals surface area contributed by atoms with Gasteiger partial charge in [0.05, 0.1) is 14.2 Å². The molecule has 138 valence electrons. The van der Waals surface area contributed by atoms with E-state index in [-0.39, 0.29) is 11.1 Å². The highest BCUT2D eigenvalue weighted by Gasteiger charge is 2.25. The SMILES string of the molecule is COc1cc(C)c(C(=O)NC(C(=O)O)c2ccc(F)c(C)c2)cc1OC. The maximum absolute atomic E-state index is 13.4. The van der Waals surface area contributed by atoms with Gasteiger partial charge in [-0.1, -0.05) is 12.1 Å². The van der Waals surface area contributed by atoms with Crippen LogP contribution in [0.2, 0.25) is 0 Å². The Morgan fingerprint density at radius 3 is 2.19 bits per heavy atom. The first-order valence-corrected chi connectivity index (χ1v) is 7.80. The van der Waals surface area contributed by atoms with Crippen molar-refractivity contribution in [3.63, 3.8) is 0 Å². The standard InChI is InChI=1S/C19H20FNO5/c1-10-8-15(25-3)16(26-4)9-13(10)18(22)21-17(19(23)24)12-5-6-14(20)11(2)7-12/h5-9,17H,1-4H3,(H,21,22)(H,23,24). The summed E-state index contributed by atoms with van der Waals surface area (Å²) >= 11 is 0. The third-order valence-electron chi connectivity index (χ3n) is 4.01. The molecule has 0 bridgehead atoms. The Kier molecular flexibility index (Phi) is 5.82. The zero-order valence-corrected chi connectivity index (χ0v) is 14.9. The summed E-state index contributed by atoms with van der Waals surface area (Å²) < 4.78 is 23.8. The summed E-state index contributed by atoms with van der Waals surface area (Å²) in [4.78, 5) is 24.2. The molecule has 6 nitrogen and oxygen atoms in total. The fraction of sp³-hybridized carbons (Fsp3) is 0.263. The Hall–Kier alpha value is -3.09. The van der Waals surface area contributed by atoms with Gasteiger partial charge in [-0.15, -0.1) is 0 Å². The lowest BCUT2D eigenvalue weighted by Crippen LogP contribution is -2.34. The number of aryl methyl sites for hydroxylation is 2. The minimum atomic E-state index is -1.31. The van der Waals surface area contributed by atoms with Crippen LogP contribution in [0.4, 0.5) is 4.39 Å². The third kappa shape index (κ3) is 3.93. The van der Waals surface area contributed by atoms with Crippen LogP contribution in [0.1, 0.15) is 33.1 Å². The van der Waals surface area contributed by atoms with Gasteiger partial charge >= 0.3 is 5.97 Å². The molecule has 0 saturated heterocycles. The van der Waals surface area contributed by atoms with Gasteiger partial charge in [0.1, 0.15) is 5.82 Å². The van der Waals surface area contributed by atoms with Crippen LogP contribution in [-0.4, -0.2) is 31.2 Å². The molecule has 0 aliphatic carbocycles. The maximum Gasteiger partial charge on any atom is 0.330 e. The van der Waals surface area contributed by atoms with Crippen molar-refractivity contribution < 1.29 is 28.6 Å². The molecule has 1 unspecified atom stereocenters. The van der Waals surface area contributed by atoms with Gasteiger partial charge in [-0.3, -0.25) is 4.79 Å². The Balaban J connectivity index is 2.36. The number of nitrogens with one attached hydrogen (secondary N) is 1. The molecule has 0 aliphatic heterocycles. The molecule has 7 heteroatoms. The molecule has 0 radical (unpaired) electrons. The molecule has 26 heavy (non-hydrogen) atoms. The van der Waals surface area contributed by atoms with Crippen LogP contribution in [0.15, 0.2) is 30.3 Å². The van der Waals surface area contributed by atoms with E-state index < -0.39 is 23.7 Å². The van der Waals surface area contributed by atoms with Gasteiger partial charge in [-0.25, -0.2) is 9.18 Å². The molecular formula is C19H20FNO5. The number of ether oxygens (including phenoxy) is 2. The summed E-state index contributed by atoms with van der Waals surface area (Å²) in [7, 11) is 2.92. The quantitative estimate of drug-likeness (QED) is 0.826. The van der Waals surface area contributed by atoms with E-state index in [1.165, 1.54) is 45.4 Å². The Morgan fingerprint density at radius 2 is 1.65 bits per heavy atom. The first kappa shape index (κ1) is 19.2. The molecular weight excluding hydrogens is 341 g/mol. The third-order valence-corrected chi connectivity index (χ3v) is 4.01. The number of benzene rings is 2. The molecule has 2 N–H and O–H groups in total. The molecule has 2 rings (SSSR count). The van der Waals surface area contributed by atoms with Crippen LogP contribution < -0.4 is 14.8 Å². The van der Waals surface area contributed by atoms with Gasteiger partial charge in [-0.05, 0) is 48.7 Å². The van der Waals surface area contributed by atoms with Crippen molar-refractivity contribution >= 4 is 11.9 Å². The van der Waals surface area contributed by atoms with Gasteiger partial charge in [0.2, 0.25) is 0 Å². The first-order valence-electron chi connectivity index (χ1n) is 7.80. The van der Waals surface area contributed by atoms with Crippen molar-refractivity contribution in [2.24, 2.45) is 0 Å². The molecule has 1 atom stereocenters. The number of hydrogen-bond acceptors (Lipinski definition) is 4. The highest BCUT2D eigenvalue weighted by atomic mass is 19.1. The van der Waals surface area contributed by atoms with E-state index in [2.05, 4.69) is 5.32 Å². The van der Waals surface area contributed by atoms with Crippen LogP contribution >= 0.6 is 0 Å². The molecule has 2 aromatic carbocycles. The van der Waals surface area contributed by atoms with Gasteiger partial charge in [-0.2, -0.15) is 0 Å². The van der Waals surface area contributed by atoms with E-state index in [4.69, 9.17) is 9.47 Å². The predicted octanol–water partition coefficient (Wildman–Crippen LogP) is 3.02.